The second kappa shape index (κ2) is 7.58. The van der Waals surface area contributed by atoms with Crippen LogP contribution in [0.5, 0.6) is 5.75 Å². The highest BCUT2D eigenvalue weighted by atomic mass is 32.2. The zero-order chi connectivity index (χ0) is 19.6. The maximum absolute atomic E-state index is 13.6. The molecule has 27 heavy (non-hydrogen) atoms. The molecule has 138 valence electrons. The number of nitrogens with one attached hydrogen (secondary N) is 1. The Balaban J connectivity index is 1.71. The van der Waals surface area contributed by atoms with Crippen molar-refractivity contribution in [3.63, 3.8) is 0 Å². The number of phenols is 1. The Kier molecular flexibility index (Phi) is 5.22. The number of aromatic hydroxyl groups is 1. The minimum Gasteiger partial charge on any atom is -0.508 e. The second-order valence-electron chi connectivity index (χ2n) is 5.54. The molecule has 0 radical (unpaired) electrons. The van der Waals surface area contributed by atoms with Gasteiger partial charge in [-0.3, -0.25) is 19.3 Å². The van der Waals surface area contributed by atoms with Gasteiger partial charge in [0, 0.05) is 6.07 Å². The number of benzene rings is 2. The topological polar surface area (TPSA) is 86.7 Å². The molecule has 0 atom stereocenters. The number of amides is 3. The van der Waals surface area contributed by atoms with E-state index in [1.165, 1.54) is 18.2 Å². The Hall–Kier alpha value is -3.20. The van der Waals surface area contributed by atoms with Crippen molar-refractivity contribution >= 4 is 40.6 Å². The number of halogens is 2. The van der Waals surface area contributed by atoms with Gasteiger partial charge in [0.2, 0.25) is 5.91 Å². The second-order valence-corrected chi connectivity index (χ2v) is 6.53. The van der Waals surface area contributed by atoms with Crippen LogP contribution < -0.4 is 5.32 Å². The Morgan fingerprint density at radius 3 is 2.67 bits per heavy atom. The molecular formula is C18H12F2N2O4S. The number of anilines is 1. The molecule has 2 aromatic rings. The highest BCUT2D eigenvalue weighted by Gasteiger charge is 2.36. The number of thioether (sulfide) groups is 1. The van der Waals surface area contributed by atoms with Crippen molar-refractivity contribution < 1.29 is 28.3 Å². The summed E-state index contributed by atoms with van der Waals surface area (Å²) in [5.74, 6) is -3.25. The van der Waals surface area contributed by atoms with Gasteiger partial charge in [0.05, 0.1) is 10.6 Å². The third-order valence-electron chi connectivity index (χ3n) is 3.55. The van der Waals surface area contributed by atoms with Gasteiger partial charge in [-0.15, -0.1) is 0 Å². The summed E-state index contributed by atoms with van der Waals surface area (Å²) in [6, 6.07) is 8.70. The molecule has 0 aliphatic carbocycles. The fourth-order valence-electron chi connectivity index (χ4n) is 2.33. The number of carbonyl (C=O) groups is 3. The molecule has 1 aliphatic rings. The maximum atomic E-state index is 13.6. The van der Waals surface area contributed by atoms with E-state index in [0.29, 0.717) is 23.4 Å². The zero-order valence-electron chi connectivity index (χ0n) is 13.6. The van der Waals surface area contributed by atoms with Crippen LogP contribution in [-0.4, -0.2) is 33.6 Å². The van der Waals surface area contributed by atoms with Crippen molar-refractivity contribution in [2.45, 2.75) is 0 Å². The molecular weight excluding hydrogens is 378 g/mol. The van der Waals surface area contributed by atoms with Crippen LogP contribution in [0.1, 0.15) is 5.56 Å². The van der Waals surface area contributed by atoms with Gasteiger partial charge < -0.3 is 10.4 Å². The van der Waals surface area contributed by atoms with Crippen LogP contribution in [0.15, 0.2) is 47.4 Å². The zero-order valence-corrected chi connectivity index (χ0v) is 14.4. The van der Waals surface area contributed by atoms with E-state index in [1.54, 1.807) is 12.1 Å². The number of imide groups is 1. The smallest absolute Gasteiger partial charge is 0.294 e. The van der Waals surface area contributed by atoms with Crippen LogP contribution in [0.2, 0.25) is 0 Å². The van der Waals surface area contributed by atoms with Gasteiger partial charge in [-0.25, -0.2) is 8.78 Å². The molecule has 0 aromatic heterocycles. The number of phenolic OH excluding ortho intramolecular Hbond substituents is 1. The van der Waals surface area contributed by atoms with Crippen molar-refractivity contribution in [3.05, 3.63) is 64.6 Å². The fourth-order valence-corrected chi connectivity index (χ4v) is 3.16. The monoisotopic (exact) mass is 390 g/mol. The van der Waals surface area contributed by atoms with Gasteiger partial charge in [-0.2, -0.15) is 0 Å². The lowest BCUT2D eigenvalue weighted by molar-refractivity contribution is -0.127. The highest BCUT2D eigenvalue weighted by Crippen LogP contribution is 2.32. The molecule has 2 aromatic carbocycles. The summed E-state index contributed by atoms with van der Waals surface area (Å²) in [4.78, 5) is 37.2. The van der Waals surface area contributed by atoms with E-state index < -0.39 is 35.2 Å². The van der Waals surface area contributed by atoms with Crippen LogP contribution in [0.4, 0.5) is 19.3 Å². The number of hydrogen-bond donors (Lipinski definition) is 2. The molecule has 1 aliphatic heterocycles. The summed E-state index contributed by atoms with van der Waals surface area (Å²) in [6.45, 7) is -0.612. The minimum atomic E-state index is -0.971. The summed E-state index contributed by atoms with van der Waals surface area (Å²) >= 11 is 0.649. The van der Waals surface area contributed by atoms with Crippen LogP contribution >= 0.6 is 11.8 Å². The van der Waals surface area contributed by atoms with Gasteiger partial charge in [-0.05, 0) is 47.7 Å². The molecule has 1 heterocycles. The minimum absolute atomic E-state index is 0.00341. The molecule has 3 amide bonds. The van der Waals surface area contributed by atoms with E-state index in [4.69, 9.17) is 0 Å². The van der Waals surface area contributed by atoms with Crippen LogP contribution in [0.3, 0.4) is 0 Å². The quantitative estimate of drug-likeness (QED) is 0.782. The van der Waals surface area contributed by atoms with E-state index in [9.17, 15) is 28.3 Å². The van der Waals surface area contributed by atoms with Crippen LogP contribution in [0.25, 0.3) is 6.08 Å². The van der Waals surface area contributed by atoms with Crippen molar-refractivity contribution in [1.82, 2.24) is 4.90 Å². The number of hydrogen-bond acceptors (Lipinski definition) is 5. The summed E-state index contributed by atoms with van der Waals surface area (Å²) in [5.41, 5.74) is 0.252. The molecule has 0 unspecified atom stereocenters. The summed E-state index contributed by atoms with van der Waals surface area (Å²) in [5, 5.41) is 11.0. The molecule has 0 saturated carbocycles. The predicted octanol–water partition coefficient (Wildman–Crippen LogP) is 3.35. The first-order valence-corrected chi connectivity index (χ1v) is 8.44. The first-order valence-electron chi connectivity index (χ1n) is 7.63. The highest BCUT2D eigenvalue weighted by molar-refractivity contribution is 8.18. The largest absolute Gasteiger partial charge is 0.508 e. The third-order valence-corrected chi connectivity index (χ3v) is 4.46. The lowest BCUT2D eigenvalue weighted by Crippen LogP contribution is -2.36. The van der Waals surface area contributed by atoms with Crippen molar-refractivity contribution in [1.29, 1.82) is 0 Å². The molecule has 1 saturated heterocycles. The molecule has 0 spiro atoms. The Labute approximate surface area is 156 Å². The van der Waals surface area contributed by atoms with E-state index in [-0.39, 0.29) is 16.3 Å². The van der Waals surface area contributed by atoms with E-state index in [1.807, 2.05) is 0 Å². The first-order chi connectivity index (χ1) is 12.8. The average molecular weight is 390 g/mol. The van der Waals surface area contributed by atoms with Crippen LogP contribution in [0, 0.1) is 11.6 Å². The van der Waals surface area contributed by atoms with Crippen molar-refractivity contribution in [2.75, 3.05) is 11.9 Å². The number of carbonyl (C=O) groups excluding carboxylic acids is 3. The van der Waals surface area contributed by atoms with Gasteiger partial charge >= 0.3 is 0 Å². The predicted molar refractivity (Wildman–Crippen MR) is 95.8 cm³/mol. The van der Waals surface area contributed by atoms with Gasteiger partial charge in [-0.1, -0.05) is 12.1 Å². The molecule has 1 fully saturated rings. The van der Waals surface area contributed by atoms with E-state index in [0.717, 1.165) is 17.0 Å². The Morgan fingerprint density at radius 1 is 1.19 bits per heavy atom. The van der Waals surface area contributed by atoms with Crippen molar-refractivity contribution in [2.24, 2.45) is 0 Å². The summed E-state index contributed by atoms with van der Waals surface area (Å²) < 4.78 is 26.5. The first kappa shape index (κ1) is 18.6. The lowest BCUT2D eigenvalue weighted by Gasteiger charge is -2.12. The molecule has 6 nitrogen and oxygen atoms in total. The number of nitrogens with zero attached hydrogens (tertiary/aromatic N) is 1. The SMILES string of the molecule is O=C(CN1C(=O)S/C(=C/c2cccc(O)c2)C1=O)Nc1ccc(F)cc1F. The van der Waals surface area contributed by atoms with Crippen LogP contribution in [-0.2, 0) is 9.59 Å². The van der Waals surface area contributed by atoms with E-state index in [2.05, 4.69) is 5.32 Å². The normalized spacial score (nSPS) is 15.5. The summed E-state index contributed by atoms with van der Waals surface area (Å²) in [6.07, 6.45) is 1.42. The molecule has 9 heteroatoms. The lowest BCUT2D eigenvalue weighted by atomic mass is 10.2. The van der Waals surface area contributed by atoms with E-state index >= 15 is 0 Å². The summed E-state index contributed by atoms with van der Waals surface area (Å²) in [7, 11) is 0. The molecule has 0 bridgehead atoms. The van der Waals surface area contributed by atoms with Crippen molar-refractivity contribution in [3.8, 4) is 5.75 Å². The Morgan fingerprint density at radius 2 is 1.96 bits per heavy atom. The molecule has 2 N–H and O–H groups in total. The standard InChI is InChI=1S/C18H12F2N2O4S/c19-11-4-5-14(13(20)8-11)21-16(24)9-22-17(25)15(27-18(22)26)7-10-2-1-3-12(23)6-10/h1-8,23H,9H2,(H,21,24)/b15-7+. The fraction of sp³-hybridized carbons (Fsp3) is 0.0556. The van der Waals surface area contributed by atoms with Gasteiger partial charge in [0.1, 0.15) is 23.9 Å². The number of rotatable bonds is 4. The molecule has 3 rings (SSSR count). The van der Waals surface area contributed by atoms with Gasteiger partial charge in [0.15, 0.2) is 0 Å². The van der Waals surface area contributed by atoms with Gasteiger partial charge in [0.25, 0.3) is 11.1 Å². The Bertz CT molecular complexity index is 978. The maximum Gasteiger partial charge on any atom is 0.294 e. The third kappa shape index (κ3) is 4.32. The average Bonchev–Trinajstić information content (AvgIpc) is 2.85.